The molecule has 0 aliphatic carbocycles. The number of rotatable bonds is 6. The highest BCUT2D eigenvalue weighted by Crippen LogP contribution is 2.33. The predicted molar refractivity (Wildman–Crippen MR) is 108 cm³/mol. The van der Waals surface area contributed by atoms with Crippen molar-refractivity contribution in [1.29, 1.82) is 0 Å². The van der Waals surface area contributed by atoms with Crippen LogP contribution in [-0.2, 0) is 19.6 Å². The SMILES string of the molecule is Cc1cccc(C)c1N(CC(=O)OC(C)C)S(=O)(=O)c1cc(Cl)ccc1Cl. The minimum Gasteiger partial charge on any atom is -0.462 e. The van der Waals surface area contributed by atoms with Crippen LogP contribution in [-0.4, -0.2) is 27.0 Å². The van der Waals surface area contributed by atoms with Gasteiger partial charge in [0.25, 0.3) is 10.0 Å². The molecular formula is C19H21Cl2NO4S. The summed E-state index contributed by atoms with van der Waals surface area (Å²) in [6.07, 6.45) is -0.366. The maximum Gasteiger partial charge on any atom is 0.327 e. The van der Waals surface area contributed by atoms with Crippen LogP contribution in [0.2, 0.25) is 10.0 Å². The van der Waals surface area contributed by atoms with Gasteiger partial charge in [-0.15, -0.1) is 0 Å². The van der Waals surface area contributed by atoms with E-state index in [0.29, 0.717) is 16.8 Å². The number of ether oxygens (including phenoxy) is 1. The van der Waals surface area contributed by atoms with E-state index in [1.807, 2.05) is 6.07 Å². The van der Waals surface area contributed by atoms with Crippen molar-refractivity contribution in [2.75, 3.05) is 10.8 Å². The van der Waals surface area contributed by atoms with Crippen LogP contribution in [0, 0.1) is 13.8 Å². The first-order valence-electron chi connectivity index (χ1n) is 8.27. The van der Waals surface area contributed by atoms with Gasteiger partial charge in [-0.05, 0) is 57.0 Å². The van der Waals surface area contributed by atoms with Crippen molar-refractivity contribution in [2.45, 2.75) is 38.7 Å². The number of carbonyl (C=O) groups is 1. The summed E-state index contributed by atoms with van der Waals surface area (Å²) in [7, 11) is -4.17. The van der Waals surface area contributed by atoms with Gasteiger partial charge >= 0.3 is 5.97 Å². The van der Waals surface area contributed by atoms with Crippen LogP contribution in [0.15, 0.2) is 41.3 Å². The number of para-hydroxylation sites is 1. The third-order valence-corrected chi connectivity index (χ3v) is 6.25. The third-order valence-electron chi connectivity index (χ3n) is 3.79. The molecule has 0 radical (unpaired) electrons. The molecule has 5 nitrogen and oxygen atoms in total. The van der Waals surface area contributed by atoms with E-state index in [2.05, 4.69) is 0 Å². The van der Waals surface area contributed by atoms with Crippen LogP contribution >= 0.6 is 23.2 Å². The molecular weight excluding hydrogens is 409 g/mol. The summed E-state index contributed by atoms with van der Waals surface area (Å²) in [4.78, 5) is 12.1. The largest absolute Gasteiger partial charge is 0.462 e. The van der Waals surface area contributed by atoms with Crippen molar-refractivity contribution in [3.63, 3.8) is 0 Å². The molecule has 27 heavy (non-hydrogen) atoms. The number of sulfonamides is 1. The van der Waals surface area contributed by atoms with Crippen LogP contribution in [0.1, 0.15) is 25.0 Å². The monoisotopic (exact) mass is 429 g/mol. The standard InChI is InChI=1S/C19H21Cl2NO4S/c1-12(2)26-18(23)11-22(19-13(3)6-5-7-14(19)4)27(24,25)17-10-15(20)8-9-16(17)21/h5-10,12H,11H2,1-4H3. The molecule has 0 N–H and O–H groups in total. The van der Waals surface area contributed by atoms with E-state index < -0.39 is 22.5 Å². The highest BCUT2D eigenvalue weighted by molar-refractivity contribution is 7.93. The van der Waals surface area contributed by atoms with E-state index in [0.717, 1.165) is 4.31 Å². The summed E-state index contributed by atoms with van der Waals surface area (Å²) in [6.45, 7) is 6.47. The van der Waals surface area contributed by atoms with Gasteiger partial charge in [0.15, 0.2) is 0 Å². The molecule has 2 aromatic rings. The molecule has 0 aromatic heterocycles. The molecule has 0 amide bonds. The lowest BCUT2D eigenvalue weighted by atomic mass is 10.1. The Kier molecular flexibility index (Phi) is 6.78. The zero-order chi connectivity index (χ0) is 20.4. The van der Waals surface area contributed by atoms with E-state index in [9.17, 15) is 13.2 Å². The third kappa shape index (κ3) is 4.94. The first kappa shape index (κ1) is 21.5. The average Bonchev–Trinajstić information content (AvgIpc) is 2.55. The van der Waals surface area contributed by atoms with Crippen molar-refractivity contribution in [1.82, 2.24) is 0 Å². The normalized spacial score (nSPS) is 11.5. The van der Waals surface area contributed by atoms with E-state index >= 15 is 0 Å². The van der Waals surface area contributed by atoms with E-state index in [1.165, 1.54) is 18.2 Å². The Morgan fingerprint density at radius 1 is 1.11 bits per heavy atom. The van der Waals surface area contributed by atoms with Crippen LogP contribution in [0.4, 0.5) is 5.69 Å². The Morgan fingerprint density at radius 2 is 1.70 bits per heavy atom. The quantitative estimate of drug-likeness (QED) is 0.620. The summed E-state index contributed by atoms with van der Waals surface area (Å²) >= 11 is 12.1. The molecule has 2 aromatic carbocycles. The molecule has 0 bridgehead atoms. The van der Waals surface area contributed by atoms with Gasteiger partial charge < -0.3 is 4.74 Å². The molecule has 2 rings (SSSR count). The van der Waals surface area contributed by atoms with Crippen LogP contribution < -0.4 is 4.31 Å². The van der Waals surface area contributed by atoms with Gasteiger partial charge in [0.1, 0.15) is 11.4 Å². The lowest BCUT2D eigenvalue weighted by Crippen LogP contribution is -2.38. The number of carbonyl (C=O) groups excluding carboxylic acids is 1. The molecule has 0 saturated heterocycles. The first-order valence-corrected chi connectivity index (χ1v) is 10.5. The maximum atomic E-state index is 13.4. The van der Waals surface area contributed by atoms with Crippen molar-refractivity contribution >= 4 is 44.9 Å². The molecule has 0 aliphatic rings. The molecule has 146 valence electrons. The Morgan fingerprint density at radius 3 is 2.26 bits per heavy atom. The maximum absolute atomic E-state index is 13.4. The molecule has 0 spiro atoms. The Hall–Kier alpha value is -1.76. The summed E-state index contributed by atoms with van der Waals surface area (Å²) < 4.78 is 33.0. The zero-order valence-corrected chi connectivity index (χ0v) is 17.8. The van der Waals surface area contributed by atoms with Crippen LogP contribution in [0.5, 0.6) is 0 Å². The molecule has 0 fully saturated rings. The average molecular weight is 430 g/mol. The number of benzene rings is 2. The summed E-state index contributed by atoms with van der Waals surface area (Å²) in [6, 6.07) is 9.55. The Balaban J connectivity index is 2.65. The second-order valence-corrected chi connectivity index (χ2v) is 9.04. The number of hydrogen-bond donors (Lipinski definition) is 0. The molecule has 0 unspecified atom stereocenters. The topological polar surface area (TPSA) is 63.7 Å². The van der Waals surface area contributed by atoms with Gasteiger partial charge in [-0.1, -0.05) is 41.4 Å². The number of nitrogens with zero attached hydrogens (tertiary/aromatic N) is 1. The zero-order valence-electron chi connectivity index (χ0n) is 15.5. The molecule has 0 atom stereocenters. The summed E-state index contributed by atoms with van der Waals surface area (Å²) in [5.74, 6) is -0.658. The Labute approximate surface area is 169 Å². The summed E-state index contributed by atoms with van der Waals surface area (Å²) in [5, 5.41) is 0.247. The van der Waals surface area contributed by atoms with Crippen molar-refractivity contribution in [3.8, 4) is 0 Å². The van der Waals surface area contributed by atoms with Gasteiger partial charge in [-0.25, -0.2) is 8.42 Å². The van der Waals surface area contributed by atoms with E-state index in [-0.39, 0.29) is 21.0 Å². The minimum atomic E-state index is -4.17. The van der Waals surface area contributed by atoms with Gasteiger partial charge in [0.2, 0.25) is 0 Å². The van der Waals surface area contributed by atoms with Crippen LogP contribution in [0.25, 0.3) is 0 Å². The fourth-order valence-corrected chi connectivity index (χ4v) is 4.97. The molecule has 0 aliphatic heterocycles. The van der Waals surface area contributed by atoms with E-state index in [1.54, 1.807) is 39.8 Å². The second-order valence-electron chi connectivity index (χ2n) is 6.37. The van der Waals surface area contributed by atoms with Gasteiger partial charge in [0.05, 0.1) is 16.8 Å². The lowest BCUT2D eigenvalue weighted by Gasteiger charge is -2.27. The van der Waals surface area contributed by atoms with Crippen molar-refractivity contribution in [2.24, 2.45) is 0 Å². The minimum absolute atomic E-state index is 0.0212. The van der Waals surface area contributed by atoms with Crippen molar-refractivity contribution in [3.05, 3.63) is 57.6 Å². The first-order chi connectivity index (χ1) is 12.5. The molecule has 0 saturated carbocycles. The summed E-state index contributed by atoms with van der Waals surface area (Å²) in [5.41, 5.74) is 1.82. The van der Waals surface area contributed by atoms with Crippen molar-refractivity contribution < 1.29 is 17.9 Å². The smallest absolute Gasteiger partial charge is 0.327 e. The van der Waals surface area contributed by atoms with Gasteiger partial charge in [0, 0.05) is 5.02 Å². The van der Waals surface area contributed by atoms with Gasteiger partial charge in [-0.2, -0.15) is 0 Å². The fraction of sp³-hybridized carbons (Fsp3) is 0.316. The fourth-order valence-electron chi connectivity index (χ4n) is 2.69. The molecule has 8 heteroatoms. The lowest BCUT2D eigenvalue weighted by molar-refractivity contribution is -0.145. The predicted octanol–water partition coefficient (Wildman–Crippen LogP) is 4.76. The number of esters is 1. The van der Waals surface area contributed by atoms with E-state index in [4.69, 9.17) is 27.9 Å². The molecule has 0 heterocycles. The highest BCUT2D eigenvalue weighted by atomic mass is 35.5. The van der Waals surface area contributed by atoms with Gasteiger partial charge in [-0.3, -0.25) is 9.10 Å². The number of hydrogen-bond acceptors (Lipinski definition) is 4. The number of aryl methyl sites for hydroxylation is 2. The number of halogens is 2. The highest BCUT2D eigenvalue weighted by Gasteiger charge is 2.32. The van der Waals surface area contributed by atoms with Crippen LogP contribution in [0.3, 0.4) is 0 Å². The number of anilines is 1. The Bertz CT molecular complexity index is 938. The second kappa shape index (κ2) is 8.50.